The van der Waals surface area contributed by atoms with Gasteiger partial charge < -0.3 is 15.7 Å². The zero-order chi connectivity index (χ0) is 10.3. The molecule has 76 valence electrons. The predicted octanol–water partition coefficient (Wildman–Crippen LogP) is -1.25. The summed E-state index contributed by atoms with van der Waals surface area (Å²) in [5, 5.41) is 12.7. The summed E-state index contributed by atoms with van der Waals surface area (Å²) in [6.45, 7) is -0.143. The van der Waals surface area contributed by atoms with Gasteiger partial charge in [-0.15, -0.1) is 0 Å². The van der Waals surface area contributed by atoms with Gasteiger partial charge in [-0.2, -0.15) is 0 Å². The highest BCUT2D eigenvalue weighted by Crippen LogP contribution is 1.72. The lowest BCUT2D eigenvalue weighted by atomic mass is 10.6. The van der Waals surface area contributed by atoms with Crippen molar-refractivity contribution < 1.29 is 18.9 Å². The number of aliphatic carboxylic acids is 1. The Kier molecular flexibility index (Phi) is 5.86. The molecule has 0 aliphatic rings. The predicted molar refractivity (Wildman–Crippen MR) is 48.0 cm³/mol. The summed E-state index contributed by atoms with van der Waals surface area (Å²) in [5.74, 6) is -0.741. The zero-order valence-electron chi connectivity index (χ0n) is 7.20. The Morgan fingerprint density at radius 2 is 2.00 bits per heavy atom. The smallest absolute Gasteiger partial charge is 0.323 e. The number of rotatable bonds is 5. The summed E-state index contributed by atoms with van der Waals surface area (Å²) in [7, 11) is -0.954. The first-order valence-corrected chi connectivity index (χ1v) is 5.28. The minimum atomic E-state index is -1.10. The van der Waals surface area contributed by atoms with E-state index >= 15 is 0 Å². The van der Waals surface area contributed by atoms with Crippen LogP contribution in [0.5, 0.6) is 0 Å². The Balaban J connectivity index is 3.41. The molecule has 0 aliphatic heterocycles. The monoisotopic (exact) mass is 208 g/mol. The summed E-state index contributed by atoms with van der Waals surface area (Å²) in [6.07, 6.45) is 1.52. The van der Waals surface area contributed by atoms with Crippen molar-refractivity contribution in [1.29, 1.82) is 0 Å². The largest absolute Gasteiger partial charge is 0.480 e. The van der Waals surface area contributed by atoms with E-state index in [2.05, 4.69) is 10.6 Å². The fourth-order valence-corrected chi connectivity index (χ4v) is 0.916. The van der Waals surface area contributed by atoms with Crippen molar-refractivity contribution >= 4 is 22.8 Å². The highest BCUT2D eigenvalue weighted by atomic mass is 32.2. The molecule has 0 spiro atoms. The van der Waals surface area contributed by atoms with Gasteiger partial charge in [-0.1, -0.05) is 0 Å². The van der Waals surface area contributed by atoms with Crippen molar-refractivity contribution in [2.45, 2.75) is 0 Å². The lowest BCUT2D eigenvalue weighted by molar-refractivity contribution is -0.135. The molecule has 0 rings (SSSR count). The number of carbonyl (C=O) groups excluding carboxylic acids is 1. The Labute approximate surface area is 78.2 Å². The summed E-state index contributed by atoms with van der Waals surface area (Å²) < 4.78 is 10.5. The summed E-state index contributed by atoms with van der Waals surface area (Å²) in [4.78, 5) is 20.7. The second kappa shape index (κ2) is 6.41. The molecule has 0 bridgehead atoms. The summed E-state index contributed by atoms with van der Waals surface area (Å²) in [6, 6.07) is -0.562. The molecule has 1 unspecified atom stereocenters. The van der Waals surface area contributed by atoms with Crippen molar-refractivity contribution in [2.24, 2.45) is 0 Å². The first-order valence-electron chi connectivity index (χ1n) is 3.56. The van der Waals surface area contributed by atoms with E-state index in [1.165, 1.54) is 6.26 Å². The number of urea groups is 1. The third-order valence-corrected chi connectivity index (χ3v) is 1.85. The van der Waals surface area contributed by atoms with Crippen LogP contribution in [0.3, 0.4) is 0 Å². The van der Waals surface area contributed by atoms with Gasteiger partial charge in [-0.3, -0.25) is 9.00 Å². The number of hydrogen-bond donors (Lipinski definition) is 3. The van der Waals surface area contributed by atoms with Crippen molar-refractivity contribution in [3.63, 3.8) is 0 Å². The van der Waals surface area contributed by atoms with Crippen molar-refractivity contribution in [2.75, 3.05) is 25.1 Å². The van der Waals surface area contributed by atoms with Crippen LogP contribution >= 0.6 is 0 Å². The minimum absolute atomic E-state index is 0.272. The molecule has 2 amide bonds. The van der Waals surface area contributed by atoms with E-state index < -0.39 is 29.3 Å². The van der Waals surface area contributed by atoms with Crippen LogP contribution < -0.4 is 10.6 Å². The Hall–Kier alpha value is -1.11. The van der Waals surface area contributed by atoms with E-state index in [1.54, 1.807) is 0 Å². The molecule has 0 fully saturated rings. The standard InChI is InChI=1S/C6H12N2O4S/c1-13(12)3-2-7-6(11)8-4-5(9)10/h2-4H2,1H3,(H,9,10)(H2,7,8,11). The topological polar surface area (TPSA) is 95.5 Å². The van der Waals surface area contributed by atoms with Gasteiger partial charge in [0, 0.05) is 29.4 Å². The molecule has 1 atom stereocenters. The van der Waals surface area contributed by atoms with E-state index in [0.29, 0.717) is 5.75 Å². The van der Waals surface area contributed by atoms with Gasteiger partial charge in [0.25, 0.3) is 0 Å². The first kappa shape index (κ1) is 11.9. The van der Waals surface area contributed by atoms with E-state index in [-0.39, 0.29) is 6.54 Å². The molecule has 0 radical (unpaired) electrons. The molecular formula is C6H12N2O4S. The number of carbonyl (C=O) groups is 2. The van der Waals surface area contributed by atoms with Crippen LogP contribution in [-0.4, -0.2) is 46.4 Å². The summed E-state index contributed by atoms with van der Waals surface area (Å²) >= 11 is 0. The van der Waals surface area contributed by atoms with Crippen LogP contribution in [-0.2, 0) is 15.6 Å². The normalized spacial score (nSPS) is 11.8. The third-order valence-electron chi connectivity index (χ3n) is 1.08. The molecule has 7 heteroatoms. The molecule has 0 aromatic rings. The maximum atomic E-state index is 10.7. The Morgan fingerprint density at radius 3 is 2.46 bits per heavy atom. The van der Waals surface area contributed by atoms with Gasteiger partial charge in [0.2, 0.25) is 0 Å². The minimum Gasteiger partial charge on any atom is -0.480 e. The van der Waals surface area contributed by atoms with Crippen LogP contribution in [0.25, 0.3) is 0 Å². The second-order valence-corrected chi connectivity index (χ2v) is 3.84. The lowest BCUT2D eigenvalue weighted by Crippen LogP contribution is -2.39. The lowest BCUT2D eigenvalue weighted by Gasteiger charge is -2.03. The van der Waals surface area contributed by atoms with Gasteiger partial charge in [-0.05, 0) is 0 Å². The molecular weight excluding hydrogens is 196 g/mol. The molecule has 0 saturated carbocycles. The summed E-state index contributed by atoms with van der Waals surface area (Å²) in [5.41, 5.74) is 0. The number of amides is 2. The maximum Gasteiger partial charge on any atom is 0.323 e. The highest BCUT2D eigenvalue weighted by molar-refractivity contribution is 7.84. The van der Waals surface area contributed by atoms with Gasteiger partial charge in [-0.25, -0.2) is 4.79 Å². The van der Waals surface area contributed by atoms with Crippen LogP contribution in [0.15, 0.2) is 0 Å². The van der Waals surface area contributed by atoms with Gasteiger partial charge in [0.1, 0.15) is 6.54 Å². The van der Waals surface area contributed by atoms with E-state index in [0.717, 1.165) is 0 Å². The molecule has 0 aromatic heterocycles. The maximum absolute atomic E-state index is 10.7. The molecule has 0 heterocycles. The Bertz CT molecular complexity index is 219. The molecule has 0 aliphatic carbocycles. The van der Waals surface area contributed by atoms with Crippen LogP contribution in [0.4, 0.5) is 4.79 Å². The molecule has 13 heavy (non-hydrogen) atoms. The van der Waals surface area contributed by atoms with Gasteiger partial charge in [0.15, 0.2) is 0 Å². The Morgan fingerprint density at radius 1 is 1.38 bits per heavy atom. The number of hydrogen-bond acceptors (Lipinski definition) is 3. The van der Waals surface area contributed by atoms with Crippen molar-refractivity contribution in [1.82, 2.24) is 10.6 Å². The average molecular weight is 208 g/mol. The molecule has 3 N–H and O–H groups in total. The van der Waals surface area contributed by atoms with Crippen LogP contribution in [0, 0.1) is 0 Å². The second-order valence-electron chi connectivity index (χ2n) is 2.28. The quantitative estimate of drug-likeness (QED) is 0.526. The highest BCUT2D eigenvalue weighted by Gasteiger charge is 2.01. The molecule has 0 saturated heterocycles. The van der Waals surface area contributed by atoms with E-state index in [1.807, 2.05) is 0 Å². The van der Waals surface area contributed by atoms with Gasteiger partial charge in [0.05, 0.1) is 0 Å². The van der Waals surface area contributed by atoms with Crippen LogP contribution in [0.2, 0.25) is 0 Å². The number of carboxylic acid groups (broad SMARTS) is 1. The van der Waals surface area contributed by atoms with Crippen LogP contribution in [0.1, 0.15) is 0 Å². The number of carboxylic acids is 1. The SMILES string of the molecule is CS(=O)CCNC(=O)NCC(=O)O. The average Bonchev–Trinajstić information content (AvgIpc) is 2.00. The fourth-order valence-electron chi connectivity index (χ4n) is 0.527. The molecule has 0 aromatic carbocycles. The van der Waals surface area contributed by atoms with Gasteiger partial charge >= 0.3 is 12.0 Å². The zero-order valence-corrected chi connectivity index (χ0v) is 8.02. The van der Waals surface area contributed by atoms with E-state index in [4.69, 9.17) is 5.11 Å². The van der Waals surface area contributed by atoms with E-state index in [9.17, 15) is 13.8 Å². The third kappa shape index (κ3) is 8.80. The van der Waals surface area contributed by atoms with Crippen molar-refractivity contribution in [3.05, 3.63) is 0 Å². The first-order chi connectivity index (χ1) is 6.02. The molecule has 6 nitrogen and oxygen atoms in total. The number of nitrogens with one attached hydrogen (secondary N) is 2. The fraction of sp³-hybridized carbons (Fsp3) is 0.667. The van der Waals surface area contributed by atoms with Crippen molar-refractivity contribution in [3.8, 4) is 0 Å².